The van der Waals surface area contributed by atoms with Crippen molar-refractivity contribution in [3.05, 3.63) is 59.2 Å². The summed E-state index contributed by atoms with van der Waals surface area (Å²) in [5.41, 5.74) is 2.00. The van der Waals surface area contributed by atoms with Gasteiger partial charge in [-0.25, -0.2) is 8.78 Å². The summed E-state index contributed by atoms with van der Waals surface area (Å²) in [7, 11) is 0. The Morgan fingerprint density at radius 1 is 1.20 bits per heavy atom. The van der Waals surface area contributed by atoms with Crippen LogP contribution in [0.2, 0.25) is 0 Å². The standard InChI is InChI=1S/C13H11F2/c1-9-2-4-10(5-3-9)12-7-6-11(14)8-13(12)15/h2-6,12H,7H2,1H3. The van der Waals surface area contributed by atoms with E-state index in [4.69, 9.17) is 0 Å². The summed E-state index contributed by atoms with van der Waals surface area (Å²) >= 11 is 0. The molecule has 0 saturated carbocycles. The van der Waals surface area contributed by atoms with Gasteiger partial charge in [-0.05, 0) is 25.0 Å². The topological polar surface area (TPSA) is 0 Å². The lowest BCUT2D eigenvalue weighted by molar-refractivity contribution is 0.512. The Kier molecular flexibility index (Phi) is 2.67. The number of rotatable bonds is 1. The maximum atomic E-state index is 13.4. The van der Waals surface area contributed by atoms with E-state index in [1.807, 2.05) is 31.2 Å². The summed E-state index contributed by atoms with van der Waals surface area (Å²) in [6.45, 7) is 1.97. The molecular weight excluding hydrogens is 194 g/mol. The highest BCUT2D eigenvalue weighted by molar-refractivity contribution is 5.32. The molecule has 0 nitrogen and oxygen atoms in total. The fourth-order valence-electron chi connectivity index (χ4n) is 1.66. The van der Waals surface area contributed by atoms with Gasteiger partial charge in [-0.2, -0.15) is 0 Å². The first-order valence-corrected chi connectivity index (χ1v) is 4.88. The molecule has 0 heterocycles. The number of benzene rings is 1. The molecule has 1 aliphatic carbocycles. The quantitative estimate of drug-likeness (QED) is 0.650. The minimum absolute atomic E-state index is 0.369. The summed E-state index contributed by atoms with van der Waals surface area (Å²) in [5.74, 6) is -1.49. The molecule has 1 aromatic rings. The zero-order valence-electron chi connectivity index (χ0n) is 8.43. The van der Waals surface area contributed by atoms with Crippen LogP contribution < -0.4 is 0 Å². The second-order valence-corrected chi connectivity index (χ2v) is 3.72. The third kappa shape index (κ3) is 2.14. The van der Waals surface area contributed by atoms with E-state index in [1.165, 1.54) is 6.08 Å². The van der Waals surface area contributed by atoms with Crippen LogP contribution in [0, 0.1) is 13.0 Å². The first kappa shape index (κ1) is 10.1. The number of hydrogen-bond acceptors (Lipinski definition) is 0. The third-order valence-electron chi connectivity index (χ3n) is 2.56. The van der Waals surface area contributed by atoms with E-state index in [9.17, 15) is 8.78 Å². The van der Waals surface area contributed by atoms with Gasteiger partial charge in [0.2, 0.25) is 0 Å². The first-order valence-electron chi connectivity index (χ1n) is 4.88. The maximum absolute atomic E-state index is 13.4. The number of halogens is 2. The van der Waals surface area contributed by atoms with E-state index in [-0.39, 0.29) is 5.92 Å². The van der Waals surface area contributed by atoms with E-state index in [0.717, 1.165) is 11.1 Å². The van der Waals surface area contributed by atoms with Crippen LogP contribution in [0.5, 0.6) is 0 Å². The maximum Gasteiger partial charge on any atom is 0.129 e. The van der Waals surface area contributed by atoms with Crippen molar-refractivity contribution < 1.29 is 8.78 Å². The van der Waals surface area contributed by atoms with Crippen molar-refractivity contribution in [3.8, 4) is 0 Å². The smallest absolute Gasteiger partial charge is 0.129 e. The van der Waals surface area contributed by atoms with Gasteiger partial charge in [0.15, 0.2) is 0 Å². The van der Waals surface area contributed by atoms with Gasteiger partial charge in [0.1, 0.15) is 11.7 Å². The highest BCUT2D eigenvalue weighted by Crippen LogP contribution is 2.33. The molecule has 0 spiro atoms. The lowest BCUT2D eigenvalue weighted by atomic mass is 9.91. The fraction of sp³-hybridized carbons (Fsp3) is 0.231. The van der Waals surface area contributed by atoms with Crippen molar-refractivity contribution in [3.63, 3.8) is 0 Å². The van der Waals surface area contributed by atoms with Gasteiger partial charge in [0.05, 0.1) is 6.08 Å². The minimum Gasteiger partial charge on any atom is -0.210 e. The molecular formula is C13H11F2. The summed E-state index contributed by atoms with van der Waals surface area (Å²) in [4.78, 5) is 0. The Bertz CT molecular complexity index is 413. The largest absolute Gasteiger partial charge is 0.210 e. The van der Waals surface area contributed by atoms with Crippen LogP contribution >= 0.6 is 0 Å². The fourth-order valence-corrected chi connectivity index (χ4v) is 1.66. The molecule has 0 aliphatic heterocycles. The van der Waals surface area contributed by atoms with Crippen LogP contribution in [-0.2, 0) is 0 Å². The number of hydrogen-bond donors (Lipinski definition) is 0. The Balaban J connectivity index is 2.27. The van der Waals surface area contributed by atoms with Crippen molar-refractivity contribution in [2.75, 3.05) is 0 Å². The SMILES string of the molecule is Cc1ccc(C2CC=C(F)[C]=C2F)cc1. The highest BCUT2D eigenvalue weighted by atomic mass is 19.1. The molecule has 1 aliphatic rings. The summed E-state index contributed by atoms with van der Waals surface area (Å²) in [6, 6.07) is 7.60. The number of allylic oxidation sites excluding steroid dienone is 4. The lowest BCUT2D eigenvalue weighted by Crippen LogP contribution is -2.02. The van der Waals surface area contributed by atoms with Crippen LogP contribution in [0.1, 0.15) is 23.5 Å². The van der Waals surface area contributed by atoms with Crippen molar-refractivity contribution in [2.45, 2.75) is 19.3 Å². The predicted octanol–water partition coefficient (Wildman–Crippen LogP) is 3.99. The Morgan fingerprint density at radius 2 is 1.87 bits per heavy atom. The molecule has 0 bridgehead atoms. The van der Waals surface area contributed by atoms with Gasteiger partial charge in [-0.3, -0.25) is 0 Å². The first-order chi connectivity index (χ1) is 7.16. The van der Waals surface area contributed by atoms with E-state index < -0.39 is 11.7 Å². The average molecular weight is 205 g/mol. The van der Waals surface area contributed by atoms with E-state index in [1.54, 1.807) is 0 Å². The van der Waals surface area contributed by atoms with E-state index >= 15 is 0 Å². The molecule has 1 aromatic carbocycles. The number of aryl methyl sites for hydroxylation is 1. The monoisotopic (exact) mass is 205 g/mol. The molecule has 77 valence electrons. The normalized spacial score (nSPS) is 20.9. The van der Waals surface area contributed by atoms with E-state index in [0.29, 0.717) is 6.42 Å². The second-order valence-electron chi connectivity index (χ2n) is 3.72. The van der Waals surface area contributed by atoms with Crippen LogP contribution in [0.25, 0.3) is 0 Å². The molecule has 0 N–H and O–H groups in total. The van der Waals surface area contributed by atoms with Gasteiger partial charge >= 0.3 is 0 Å². The summed E-state index contributed by atoms with van der Waals surface area (Å²) < 4.78 is 26.1. The van der Waals surface area contributed by atoms with Gasteiger partial charge in [-0.1, -0.05) is 29.8 Å². The van der Waals surface area contributed by atoms with Gasteiger partial charge < -0.3 is 0 Å². The molecule has 2 heteroatoms. The summed E-state index contributed by atoms with van der Waals surface area (Å²) in [6.07, 6.45) is 3.82. The minimum atomic E-state index is -0.601. The average Bonchev–Trinajstić information content (AvgIpc) is 2.20. The molecule has 1 unspecified atom stereocenters. The second kappa shape index (κ2) is 3.97. The molecule has 0 amide bonds. The van der Waals surface area contributed by atoms with Crippen LogP contribution in [0.3, 0.4) is 0 Å². The van der Waals surface area contributed by atoms with Crippen LogP contribution in [0.4, 0.5) is 8.78 Å². The molecule has 1 radical (unpaired) electrons. The zero-order chi connectivity index (χ0) is 10.8. The van der Waals surface area contributed by atoms with E-state index in [2.05, 4.69) is 6.08 Å². The van der Waals surface area contributed by atoms with Crippen molar-refractivity contribution in [2.24, 2.45) is 0 Å². The lowest BCUT2D eigenvalue weighted by Gasteiger charge is -2.16. The molecule has 0 aromatic heterocycles. The molecule has 0 fully saturated rings. The van der Waals surface area contributed by atoms with Crippen LogP contribution in [0.15, 0.2) is 42.0 Å². The van der Waals surface area contributed by atoms with Gasteiger partial charge in [-0.15, -0.1) is 0 Å². The van der Waals surface area contributed by atoms with Crippen molar-refractivity contribution >= 4 is 0 Å². The van der Waals surface area contributed by atoms with Crippen LogP contribution in [-0.4, -0.2) is 0 Å². The van der Waals surface area contributed by atoms with Gasteiger partial charge in [0.25, 0.3) is 0 Å². The predicted molar refractivity (Wildman–Crippen MR) is 55.6 cm³/mol. The summed E-state index contributed by atoms with van der Waals surface area (Å²) in [5, 5.41) is 0. The Hall–Kier alpha value is -1.44. The van der Waals surface area contributed by atoms with Gasteiger partial charge in [0, 0.05) is 5.92 Å². The van der Waals surface area contributed by atoms with Crippen molar-refractivity contribution in [1.29, 1.82) is 0 Å². The Labute approximate surface area is 87.9 Å². The zero-order valence-corrected chi connectivity index (χ0v) is 8.43. The molecule has 1 atom stereocenters. The Morgan fingerprint density at radius 3 is 2.47 bits per heavy atom. The third-order valence-corrected chi connectivity index (χ3v) is 2.56. The highest BCUT2D eigenvalue weighted by Gasteiger charge is 2.20. The molecule has 2 rings (SSSR count). The molecule has 0 saturated heterocycles. The van der Waals surface area contributed by atoms with Crippen molar-refractivity contribution in [1.82, 2.24) is 0 Å². The molecule has 15 heavy (non-hydrogen) atoms.